The van der Waals surface area contributed by atoms with Crippen molar-refractivity contribution in [3.63, 3.8) is 0 Å². The van der Waals surface area contributed by atoms with Crippen LogP contribution in [0.4, 0.5) is 0 Å². The number of aromatic hydroxyl groups is 1. The molecule has 0 saturated heterocycles. The molecule has 0 saturated carbocycles. The maximum atomic E-state index is 13.6. The highest BCUT2D eigenvalue weighted by molar-refractivity contribution is 5.93. The van der Waals surface area contributed by atoms with Crippen LogP contribution in [0.2, 0.25) is 0 Å². The number of carbonyl (C=O) groups is 3. The Morgan fingerprint density at radius 1 is 1.14 bits per heavy atom. The van der Waals surface area contributed by atoms with Crippen molar-refractivity contribution in [2.24, 2.45) is 0 Å². The molecule has 0 fully saturated rings. The molecular weight excluding hydrogens is 446 g/mol. The number of carbonyl (C=O) groups excluding carboxylic acids is 3. The Morgan fingerprint density at radius 2 is 1.94 bits per heavy atom. The molecular formula is C27H33N3O5. The lowest BCUT2D eigenvalue weighted by molar-refractivity contribution is -0.145. The van der Waals surface area contributed by atoms with Crippen LogP contribution in [0.3, 0.4) is 0 Å². The van der Waals surface area contributed by atoms with E-state index >= 15 is 0 Å². The summed E-state index contributed by atoms with van der Waals surface area (Å²) in [5.74, 6) is -0.812. The van der Waals surface area contributed by atoms with Crippen molar-refractivity contribution in [2.75, 3.05) is 13.7 Å². The molecule has 8 nitrogen and oxygen atoms in total. The van der Waals surface area contributed by atoms with Crippen molar-refractivity contribution < 1.29 is 24.2 Å². The third-order valence-corrected chi connectivity index (χ3v) is 6.91. The van der Waals surface area contributed by atoms with Crippen LogP contribution in [0.25, 0.3) is 0 Å². The molecule has 2 aromatic rings. The zero-order valence-electron chi connectivity index (χ0n) is 20.3. The van der Waals surface area contributed by atoms with Gasteiger partial charge in [0.25, 0.3) is 0 Å². The molecule has 1 heterocycles. The van der Waals surface area contributed by atoms with E-state index in [4.69, 9.17) is 4.74 Å². The normalized spacial score (nSPS) is 19.8. The van der Waals surface area contributed by atoms with Crippen LogP contribution in [-0.2, 0) is 38.5 Å². The molecule has 186 valence electrons. The van der Waals surface area contributed by atoms with Crippen LogP contribution >= 0.6 is 0 Å². The van der Waals surface area contributed by atoms with Gasteiger partial charge in [-0.05, 0) is 60.1 Å². The zero-order chi connectivity index (χ0) is 24.9. The quantitative estimate of drug-likeness (QED) is 0.565. The number of phenols is 1. The number of aryl methyl sites for hydroxylation is 1. The Hall–Kier alpha value is -3.39. The van der Waals surface area contributed by atoms with E-state index in [9.17, 15) is 19.5 Å². The van der Waals surface area contributed by atoms with E-state index in [-0.39, 0.29) is 42.7 Å². The van der Waals surface area contributed by atoms with Gasteiger partial charge in [-0.25, -0.2) is 0 Å². The molecule has 1 aliphatic carbocycles. The smallest absolute Gasteiger partial charge is 0.246 e. The summed E-state index contributed by atoms with van der Waals surface area (Å²) in [5, 5.41) is 15.9. The number of phenolic OH excluding ortho intramolecular Hbond substituents is 1. The number of rotatable bonds is 7. The molecule has 3 atom stereocenters. The minimum Gasteiger partial charge on any atom is -0.508 e. The fraction of sp³-hybridized carbons (Fsp3) is 0.444. The summed E-state index contributed by atoms with van der Waals surface area (Å²) in [7, 11) is 1.42. The summed E-state index contributed by atoms with van der Waals surface area (Å²) in [4.78, 5) is 40.9. The van der Waals surface area contributed by atoms with Gasteiger partial charge in [-0.2, -0.15) is 0 Å². The van der Waals surface area contributed by atoms with Crippen molar-refractivity contribution in [2.45, 2.75) is 63.7 Å². The Bertz CT molecular complexity index is 1100. The molecule has 3 N–H and O–H groups in total. The molecule has 4 rings (SSSR count). The number of hydrogen-bond acceptors (Lipinski definition) is 5. The second-order valence-corrected chi connectivity index (χ2v) is 9.25. The van der Waals surface area contributed by atoms with Gasteiger partial charge in [0.05, 0.1) is 6.04 Å². The van der Waals surface area contributed by atoms with Crippen LogP contribution in [0, 0.1) is 0 Å². The highest BCUT2D eigenvalue weighted by atomic mass is 16.5. The van der Waals surface area contributed by atoms with Gasteiger partial charge in [0.15, 0.2) is 0 Å². The lowest BCUT2D eigenvalue weighted by Gasteiger charge is -2.39. The van der Waals surface area contributed by atoms with Crippen LogP contribution < -0.4 is 10.6 Å². The first-order valence-electron chi connectivity index (χ1n) is 12.2. The van der Waals surface area contributed by atoms with Gasteiger partial charge >= 0.3 is 0 Å². The largest absolute Gasteiger partial charge is 0.508 e. The predicted molar refractivity (Wildman–Crippen MR) is 131 cm³/mol. The number of amides is 3. The third kappa shape index (κ3) is 5.48. The molecule has 35 heavy (non-hydrogen) atoms. The number of fused-ring (bicyclic) bond motifs is 2. The Kier molecular flexibility index (Phi) is 7.70. The van der Waals surface area contributed by atoms with Crippen molar-refractivity contribution >= 4 is 17.7 Å². The van der Waals surface area contributed by atoms with Crippen molar-refractivity contribution in [1.82, 2.24) is 15.5 Å². The predicted octanol–water partition coefficient (Wildman–Crippen LogP) is 2.38. The minimum atomic E-state index is -0.776. The standard InChI is InChI=1S/C27H33N3O5/c1-3-22(28-25(32)16-35-2)27(34)30-15-19-13-20(31)12-11-18(19)14-24(30)26(33)29-23-10-6-8-17-7-4-5-9-21(17)23/h4-5,7,9,11-13,22-24,31H,3,6,8,10,14-16H2,1-2H3,(H,28,32)(H,29,33)/t22-,23+,24-/m0/s1. The molecule has 0 radical (unpaired) electrons. The summed E-state index contributed by atoms with van der Waals surface area (Å²) < 4.78 is 4.88. The lowest BCUT2D eigenvalue weighted by Crippen LogP contribution is -2.58. The molecule has 2 aromatic carbocycles. The number of nitrogens with zero attached hydrogens (tertiary/aromatic N) is 1. The summed E-state index contributed by atoms with van der Waals surface area (Å²) in [6.07, 6.45) is 3.54. The first kappa shape index (κ1) is 24.7. The van der Waals surface area contributed by atoms with Gasteiger partial charge in [0, 0.05) is 20.1 Å². The Morgan fingerprint density at radius 3 is 2.71 bits per heavy atom. The van der Waals surface area contributed by atoms with Crippen LogP contribution in [0.1, 0.15) is 54.5 Å². The lowest BCUT2D eigenvalue weighted by atomic mass is 9.87. The highest BCUT2D eigenvalue weighted by Crippen LogP contribution is 2.31. The van der Waals surface area contributed by atoms with Crippen LogP contribution in [0.5, 0.6) is 5.75 Å². The molecule has 8 heteroatoms. The van der Waals surface area contributed by atoms with E-state index in [1.54, 1.807) is 18.2 Å². The number of methoxy groups -OCH3 is 1. The average molecular weight is 480 g/mol. The molecule has 0 unspecified atom stereocenters. The summed E-state index contributed by atoms with van der Waals surface area (Å²) >= 11 is 0. The molecule has 0 aromatic heterocycles. The van der Waals surface area contributed by atoms with E-state index in [1.807, 2.05) is 19.1 Å². The molecule has 1 aliphatic heterocycles. The number of ether oxygens (including phenoxy) is 1. The molecule has 0 bridgehead atoms. The second kappa shape index (κ2) is 10.9. The zero-order valence-corrected chi connectivity index (χ0v) is 20.3. The Labute approximate surface area is 205 Å². The van der Waals surface area contributed by atoms with Gasteiger partial charge in [-0.15, -0.1) is 0 Å². The maximum absolute atomic E-state index is 13.6. The van der Waals surface area contributed by atoms with Crippen molar-refractivity contribution in [1.29, 1.82) is 0 Å². The van der Waals surface area contributed by atoms with E-state index in [2.05, 4.69) is 22.8 Å². The van der Waals surface area contributed by atoms with E-state index in [0.29, 0.717) is 12.8 Å². The van der Waals surface area contributed by atoms with Gasteiger partial charge in [-0.3, -0.25) is 14.4 Å². The molecule has 0 spiro atoms. The third-order valence-electron chi connectivity index (χ3n) is 6.91. The van der Waals surface area contributed by atoms with E-state index in [1.165, 1.54) is 17.6 Å². The van der Waals surface area contributed by atoms with Crippen LogP contribution in [-0.4, -0.2) is 53.5 Å². The fourth-order valence-electron chi connectivity index (χ4n) is 5.11. The Balaban J connectivity index is 1.59. The monoisotopic (exact) mass is 479 g/mol. The number of nitrogens with one attached hydrogen (secondary N) is 2. The second-order valence-electron chi connectivity index (χ2n) is 9.25. The fourth-order valence-corrected chi connectivity index (χ4v) is 5.11. The topological polar surface area (TPSA) is 108 Å². The first-order chi connectivity index (χ1) is 16.9. The molecule has 3 amide bonds. The summed E-state index contributed by atoms with van der Waals surface area (Å²) in [6.45, 7) is 1.84. The first-order valence-corrected chi connectivity index (χ1v) is 12.2. The van der Waals surface area contributed by atoms with Gasteiger partial charge in [-0.1, -0.05) is 37.3 Å². The SMILES string of the molecule is CC[C@H](NC(=O)COC)C(=O)N1Cc2cc(O)ccc2C[C@H]1C(=O)N[C@@H]1CCCc2ccccc21. The average Bonchev–Trinajstić information content (AvgIpc) is 2.86. The van der Waals surface area contributed by atoms with E-state index in [0.717, 1.165) is 36.0 Å². The highest BCUT2D eigenvalue weighted by Gasteiger charge is 2.38. The molecule has 2 aliphatic rings. The van der Waals surface area contributed by atoms with Gasteiger partial charge in [0.1, 0.15) is 24.4 Å². The maximum Gasteiger partial charge on any atom is 0.246 e. The number of benzene rings is 2. The van der Waals surface area contributed by atoms with E-state index < -0.39 is 12.1 Å². The van der Waals surface area contributed by atoms with Crippen molar-refractivity contribution in [3.05, 3.63) is 64.7 Å². The van der Waals surface area contributed by atoms with Crippen molar-refractivity contribution in [3.8, 4) is 5.75 Å². The minimum absolute atomic E-state index is 0.103. The summed E-state index contributed by atoms with van der Waals surface area (Å²) in [5.41, 5.74) is 4.09. The summed E-state index contributed by atoms with van der Waals surface area (Å²) in [6, 6.07) is 11.6. The van der Waals surface area contributed by atoms with Gasteiger partial charge in [0.2, 0.25) is 17.7 Å². The number of hydrogen-bond donors (Lipinski definition) is 3. The van der Waals surface area contributed by atoms with Gasteiger partial charge < -0.3 is 25.4 Å². The van der Waals surface area contributed by atoms with Crippen LogP contribution in [0.15, 0.2) is 42.5 Å².